The molecule has 1 N–H and O–H groups in total. The van der Waals surface area contributed by atoms with E-state index in [1.54, 1.807) is 14.2 Å². The van der Waals surface area contributed by atoms with Crippen molar-refractivity contribution in [3.05, 3.63) is 64.8 Å². The molecule has 6 heteroatoms. The minimum atomic E-state index is 0.724. The molecular formula is C23H26N4O2. The van der Waals surface area contributed by atoms with Gasteiger partial charge in [-0.3, -0.25) is 0 Å². The molecule has 3 aromatic rings. The third-order valence-corrected chi connectivity index (χ3v) is 5.38. The second-order valence-electron chi connectivity index (χ2n) is 7.28. The van der Waals surface area contributed by atoms with E-state index in [9.17, 15) is 0 Å². The standard InChI is InChI=1S/C23H26N4O2/c1-15-6-5-7-16(2)22(15)25-21-8-10-24-23(26-21)27-11-9-17-12-19(28-3)20(29-4)13-18(17)14-27/h5-8,10,12-13H,9,11,14H2,1-4H3,(H,24,25,26). The van der Waals surface area contributed by atoms with Gasteiger partial charge in [0.2, 0.25) is 5.95 Å². The highest BCUT2D eigenvalue weighted by molar-refractivity contribution is 5.65. The van der Waals surface area contributed by atoms with Crippen molar-refractivity contribution in [1.82, 2.24) is 9.97 Å². The Morgan fingerprint density at radius 3 is 2.34 bits per heavy atom. The van der Waals surface area contributed by atoms with Crippen molar-refractivity contribution in [1.29, 1.82) is 0 Å². The lowest BCUT2D eigenvalue weighted by molar-refractivity contribution is 0.353. The fourth-order valence-corrected chi connectivity index (χ4v) is 3.76. The van der Waals surface area contributed by atoms with Crippen LogP contribution in [-0.2, 0) is 13.0 Å². The van der Waals surface area contributed by atoms with E-state index in [1.807, 2.05) is 12.3 Å². The number of nitrogens with zero attached hydrogens (tertiary/aromatic N) is 3. The van der Waals surface area contributed by atoms with Crippen molar-refractivity contribution in [2.45, 2.75) is 26.8 Å². The number of fused-ring (bicyclic) bond motifs is 1. The van der Waals surface area contributed by atoms with Crippen LogP contribution in [0, 0.1) is 13.8 Å². The Hall–Kier alpha value is -3.28. The molecule has 0 radical (unpaired) electrons. The van der Waals surface area contributed by atoms with Gasteiger partial charge < -0.3 is 19.7 Å². The van der Waals surface area contributed by atoms with E-state index in [1.165, 1.54) is 22.3 Å². The minimum Gasteiger partial charge on any atom is -0.493 e. The number of para-hydroxylation sites is 1. The highest BCUT2D eigenvalue weighted by Gasteiger charge is 2.21. The van der Waals surface area contributed by atoms with Gasteiger partial charge in [-0.1, -0.05) is 18.2 Å². The summed E-state index contributed by atoms with van der Waals surface area (Å²) in [5, 5.41) is 3.46. The molecule has 29 heavy (non-hydrogen) atoms. The number of aryl methyl sites for hydroxylation is 2. The fraction of sp³-hybridized carbons (Fsp3) is 0.304. The van der Waals surface area contributed by atoms with Crippen molar-refractivity contribution in [3.8, 4) is 11.5 Å². The second kappa shape index (κ2) is 7.99. The van der Waals surface area contributed by atoms with Gasteiger partial charge in [0.25, 0.3) is 0 Å². The Bertz CT molecular complexity index is 1020. The van der Waals surface area contributed by atoms with Gasteiger partial charge in [0.15, 0.2) is 11.5 Å². The van der Waals surface area contributed by atoms with E-state index in [-0.39, 0.29) is 0 Å². The largest absolute Gasteiger partial charge is 0.493 e. The molecule has 1 aliphatic heterocycles. The monoisotopic (exact) mass is 390 g/mol. The number of hydrogen-bond donors (Lipinski definition) is 1. The first-order chi connectivity index (χ1) is 14.1. The van der Waals surface area contributed by atoms with Crippen LogP contribution in [0.25, 0.3) is 0 Å². The van der Waals surface area contributed by atoms with Crippen LogP contribution in [0.4, 0.5) is 17.5 Å². The summed E-state index contributed by atoms with van der Waals surface area (Å²) in [4.78, 5) is 11.5. The molecule has 0 amide bonds. The summed E-state index contributed by atoms with van der Waals surface area (Å²) in [7, 11) is 3.33. The van der Waals surface area contributed by atoms with E-state index in [0.717, 1.165) is 48.5 Å². The molecule has 2 aromatic carbocycles. The highest BCUT2D eigenvalue weighted by atomic mass is 16.5. The Kier molecular flexibility index (Phi) is 5.25. The molecule has 0 atom stereocenters. The van der Waals surface area contributed by atoms with Crippen molar-refractivity contribution in [2.24, 2.45) is 0 Å². The Labute approximate surface area is 171 Å². The van der Waals surface area contributed by atoms with Crippen molar-refractivity contribution >= 4 is 17.5 Å². The van der Waals surface area contributed by atoms with Crippen molar-refractivity contribution in [3.63, 3.8) is 0 Å². The highest BCUT2D eigenvalue weighted by Crippen LogP contribution is 2.34. The predicted molar refractivity (Wildman–Crippen MR) is 116 cm³/mol. The Morgan fingerprint density at radius 1 is 0.966 bits per heavy atom. The van der Waals surface area contributed by atoms with Gasteiger partial charge in [-0.05, 0) is 60.7 Å². The Balaban J connectivity index is 1.58. The van der Waals surface area contributed by atoms with Crippen molar-refractivity contribution < 1.29 is 9.47 Å². The minimum absolute atomic E-state index is 0.724. The maximum atomic E-state index is 5.47. The first-order valence-electron chi connectivity index (χ1n) is 9.74. The van der Waals surface area contributed by atoms with E-state index in [4.69, 9.17) is 14.5 Å². The first kappa shape index (κ1) is 19.1. The lowest BCUT2D eigenvalue weighted by atomic mass is 9.99. The van der Waals surface area contributed by atoms with Gasteiger partial charge in [0.1, 0.15) is 5.82 Å². The van der Waals surface area contributed by atoms with Crippen molar-refractivity contribution in [2.75, 3.05) is 31.0 Å². The number of hydrogen-bond acceptors (Lipinski definition) is 6. The molecule has 1 aromatic heterocycles. The smallest absolute Gasteiger partial charge is 0.227 e. The number of aromatic nitrogens is 2. The van der Waals surface area contributed by atoms with E-state index in [0.29, 0.717) is 0 Å². The number of rotatable bonds is 5. The molecular weight excluding hydrogens is 364 g/mol. The average molecular weight is 390 g/mol. The van der Waals surface area contributed by atoms with Gasteiger partial charge in [-0.25, -0.2) is 4.98 Å². The summed E-state index contributed by atoms with van der Waals surface area (Å²) in [6.45, 7) is 5.79. The molecule has 0 bridgehead atoms. The lowest BCUT2D eigenvalue weighted by Crippen LogP contribution is -2.31. The third-order valence-electron chi connectivity index (χ3n) is 5.38. The number of benzene rings is 2. The number of ether oxygens (including phenoxy) is 2. The molecule has 0 saturated heterocycles. The van der Waals surface area contributed by atoms with Crippen LogP contribution in [0.1, 0.15) is 22.3 Å². The first-order valence-corrected chi connectivity index (χ1v) is 9.74. The maximum absolute atomic E-state index is 5.47. The topological polar surface area (TPSA) is 59.5 Å². The number of nitrogens with one attached hydrogen (secondary N) is 1. The summed E-state index contributed by atoms with van der Waals surface area (Å²) < 4.78 is 10.9. The molecule has 4 rings (SSSR count). The van der Waals surface area contributed by atoms with Gasteiger partial charge in [0.05, 0.1) is 14.2 Å². The predicted octanol–water partition coefficient (Wildman–Crippen LogP) is 4.42. The van der Waals surface area contributed by atoms with Crippen LogP contribution in [0.2, 0.25) is 0 Å². The quantitative estimate of drug-likeness (QED) is 0.696. The van der Waals surface area contributed by atoms with Gasteiger partial charge in [-0.2, -0.15) is 4.98 Å². The molecule has 2 heterocycles. The Morgan fingerprint density at radius 2 is 1.66 bits per heavy atom. The zero-order valence-corrected chi connectivity index (χ0v) is 17.3. The van der Waals surface area contributed by atoms with Crippen LogP contribution in [0.15, 0.2) is 42.6 Å². The normalized spacial score (nSPS) is 13.0. The van der Waals surface area contributed by atoms with Gasteiger partial charge >= 0.3 is 0 Å². The fourth-order valence-electron chi connectivity index (χ4n) is 3.76. The van der Waals surface area contributed by atoms with Gasteiger partial charge in [0, 0.05) is 25.0 Å². The molecule has 0 aliphatic carbocycles. The molecule has 1 aliphatic rings. The van der Waals surface area contributed by atoms with Crippen LogP contribution >= 0.6 is 0 Å². The summed E-state index contributed by atoms with van der Waals surface area (Å²) in [6.07, 6.45) is 2.72. The molecule has 0 unspecified atom stereocenters. The maximum Gasteiger partial charge on any atom is 0.227 e. The summed E-state index contributed by atoms with van der Waals surface area (Å²) >= 11 is 0. The molecule has 0 spiro atoms. The average Bonchev–Trinajstić information content (AvgIpc) is 2.75. The van der Waals surface area contributed by atoms with Crippen LogP contribution < -0.4 is 19.7 Å². The SMILES string of the molecule is COc1cc2c(cc1OC)CN(c1nccc(Nc3c(C)cccc3C)n1)CC2. The number of methoxy groups -OCH3 is 2. The number of anilines is 3. The van der Waals surface area contributed by atoms with Crippen LogP contribution in [0.5, 0.6) is 11.5 Å². The third kappa shape index (κ3) is 3.83. The lowest BCUT2D eigenvalue weighted by Gasteiger charge is -2.29. The van der Waals surface area contributed by atoms with E-state index >= 15 is 0 Å². The zero-order valence-electron chi connectivity index (χ0n) is 17.3. The zero-order chi connectivity index (χ0) is 20.4. The van der Waals surface area contributed by atoms with E-state index < -0.39 is 0 Å². The molecule has 150 valence electrons. The van der Waals surface area contributed by atoms with Crippen LogP contribution in [0.3, 0.4) is 0 Å². The summed E-state index contributed by atoms with van der Waals surface area (Å²) in [6, 6.07) is 12.3. The summed E-state index contributed by atoms with van der Waals surface area (Å²) in [5.74, 6) is 3.04. The van der Waals surface area contributed by atoms with E-state index in [2.05, 4.69) is 59.4 Å². The molecule has 0 fully saturated rings. The van der Waals surface area contributed by atoms with Crippen LogP contribution in [-0.4, -0.2) is 30.7 Å². The summed E-state index contributed by atoms with van der Waals surface area (Å²) in [5.41, 5.74) is 5.98. The molecule has 0 saturated carbocycles. The second-order valence-corrected chi connectivity index (χ2v) is 7.28. The molecule has 6 nitrogen and oxygen atoms in total. The van der Waals surface area contributed by atoms with Gasteiger partial charge in [-0.15, -0.1) is 0 Å².